The molecule has 0 bridgehead atoms. The van der Waals surface area contributed by atoms with Gasteiger partial charge >= 0.3 is 0 Å². The molecule has 1 N–H and O–H groups in total. The van der Waals surface area contributed by atoms with Crippen molar-refractivity contribution in [2.45, 2.75) is 18.0 Å². The van der Waals surface area contributed by atoms with Gasteiger partial charge in [-0.25, -0.2) is 4.98 Å². The zero-order chi connectivity index (χ0) is 17.6. The minimum Gasteiger partial charge on any atom is -0.497 e. The second-order valence-corrected chi connectivity index (χ2v) is 6.57. The van der Waals surface area contributed by atoms with E-state index in [-0.39, 0.29) is 0 Å². The Kier molecular flexibility index (Phi) is 5.60. The zero-order valence-electron chi connectivity index (χ0n) is 14.5. The summed E-state index contributed by atoms with van der Waals surface area (Å²) in [5, 5.41) is 12.2. The predicted molar refractivity (Wildman–Crippen MR) is 97.2 cm³/mol. The van der Waals surface area contributed by atoms with Gasteiger partial charge in [-0.15, -0.1) is 5.10 Å². The van der Waals surface area contributed by atoms with Gasteiger partial charge in [0.05, 0.1) is 26.0 Å². The van der Waals surface area contributed by atoms with Crippen molar-refractivity contribution in [1.29, 1.82) is 0 Å². The minimum absolute atomic E-state index is 0.689. The van der Waals surface area contributed by atoms with Crippen LogP contribution in [-0.4, -0.2) is 44.9 Å². The van der Waals surface area contributed by atoms with E-state index in [9.17, 15) is 0 Å². The third-order valence-corrected chi connectivity index (χ3v) is 4.66. The van der Waals surface area contributed by atoms with Crippen LogP contribution < -0.4 is 9.47 Å². The topological polar surface area (TPSA) is 77.9 Å². The largest absolute Gasteiger partial charge is 0.497 e. The molecule has 2 aromatic heterocycles. The summed E-state index contributed by atoms with van der Waals surface area (Å²) in [4.78, 5) is 4.55. The van der Waals surface area contributed by atoms with Crippen molar-refractivity contribution in [3.05, 3.63) is 36.2 Å². The van der Waals surface area contributed by atoms with Crippen LogP contribution in [0.1, 0.15) is 12.0 Å². The van der Waals surface area contributed by atoms with Crippen LogP contribution in [0.5, 0.6) is 11.5 Å². The lowest BCUT2D eigenvalue weighted by Gasteiger charge is -2.07. The molecule has 8 heteroatoms. The lowest BCUT2D eigenvalue weighted by molar-refractivity contribution is 0.395. The molecule has 0 unspecified atom stereocenters. The van der Waals surface area contributed by atoms with E-state index in [4.69, 9.17) is 9.47 Å². The molecule has 0 fully saturated rings. The highest BCUT2D eigenvalue weighted by molar-refractivity contribution is 7.99. The van der Waals surface area contributed by atoms with Crippen LogP contribution in [0, 0.1) is 0 Å². The number of H-pyrrole nitrogens is 1. The molecule has 0 radical (unpaired) electrons. The summed E-state index contributed by atoms with van der Waals surface area (Å²) in [6, 6.07) is 5.62. The number of rotatable bonds is 8. The fraction of sp³-hybridized carbons (Fsp3) is 0.353. The molecule has 0 aliphatic carbocycles. The first-order chi connectivity index (χ1) is 12.2. The summed E-state index contributed by atoms with van der Waals surface area (Å²) < 4.78 is 12.5. The van der Waals surface area contributed by atoms with Crippen LogP contribution in [0.3, 0.4) is 0 Å². The van der Waals surface area contributed by atoms with Gasteiger partial charge in [0.1, 0.15) is 11.5 Å². The average molecular weight is 359 g/mol. The fourth-order valence-electron chi connectivity index (χ4n) is 2.47. The molecule has 0 atom stereocenters. The van der Waals surface area contributed by atoms with E-state index >= 15 is 0 Å². The average Bonchev–Trinajstić information content (AvgIpc) is 3.27. The van der Waals surface area contributed by atoms with Crippen LogP contribution >= 0.6 is 11.8 Å². The number of thioether (sulfide) groups is 1. The minimum atomic E-state index is 0.689. The lowest BCUT2D eigenvalue weighted by atomic mass is 10.2. The summed E-state index contributed by atoms with van der Waals surface area (Å²) in [6.07, 6.45) is 6.01. The van der Waals surface area contributed by atoms with Gasteiger partial charge in [-0.3, -0.25) is 9.78 Å². The number of methoxy groups -OCH3 is 2. The van der Waals surface area contributed by atoms with Crippen molar-refractivity contribution in [2.75, 3.05) is 20.0 Å². The van der Waals surface area contributed by atoms with Gasteiger partial charge in [0.2, 0.25) is 5.16 Å². The Morgan fingerprint density at radius 1 is 1.24 bits per heavy atom. The number of nitrogens with zero attached hydrogens (tertiary/aromatic N) is 4. The summed E-state index contributed by atoms with van der Waals surface area (Å²) in [5.41, 5.74) is 2.11. The van der Waals surface area contributed by atoms with E-state index in [1.165, 1.54) is 5.56 Å². The third-order valence-electron chi connectivity index (χ3n) is 3.73. The smallest absolute Gasteiger partial charge is 0.208 e. The fourth-order valence-corrected chi connectivity index (χ4v) is 3.20. The van der Waals surface area contributed by atoms with Gasteiger partial charge in [-0.05, 0) is 30.5 Å². The molecular formula is C17H21N5O2S. The number of aromatic nitrogens is 5. The van der Waals surface area contributed by atoms with Crippen LogP contribution in [0.15, 0.2) is 35.7 Å². The summed E-state index contributed by atoms with van der Waals surface area (Å²) in [5.74, 6) is 3.08. The zero-order valence-corrected chi connectivity index (χ0v) is 15.3. The molecule has 2 heterocycles. The SMILES string of the molecule is COc1ccc(-c2nc(SCCCc3cnn(C)c3)n[nH]2)c(OC)c1. The van der Waals surface area contributed by atoms with Gasteiger partial charge < -0.3 is 9.47 Å². The molecule has 3 aromatic rings. The van der Waals surface area contributed by atoms with Crippen molar-refractivity contribution in [2.24, 2.45) is 7.05 Å². The third kappa shape index (κ3) is 4.33. The second kappa shape index (κ2) is 8.06. The van der Waals surface area contributed by atoms with Gasteiger partial charge in [0, 0.05) is 25.1 Å². The number of aromatic amines is 1. The number of ether oxygens (including phenoxy) is 2. The maximum atomic E-state index is 5.42. The van der Waals surface area contributed by atoms with Gasteiger partial charge in [0.15, 0.2) is 5.82 Å². The van der Waals surface area contributed by atoms with Crippen molar-refractivity contribution in [3.8, 4) is 22.9 Å². The molecular weight excluding hydrogens is 338 g/mol. The van der Waals surface area contributed by atoms with E-state index < -0.39 is 0 Å². The van der Waals surface area contributed by atoms with Crippen LogP contribution in [0.2, 0.25) is 0 Å². The molecule has 1 aromatic carbocycles. The highest BCUT2D eigenvalue weighted by Gasteiger charge is 2.12. The first-order valence-electron chi connectivity index (χ1n) is 7.94. The Morgan fingerprint density at radius 3 is 2.84 bits per heavy atom. The Labute approximate surface area is 150 Å². The molecule has 0 spiro atoms. The normalized spacial score (nSPS) is 10.8. The summed E-state index contributed by atoms with van der Waals surface area (Å²) >= 11 is 1.64. The first-order valence-corrected chi connectivity index (χ1v) is 8.93. The highest BCUT2D eigenvalue weighted by atomic mass is 32.2. The quantitative estimate of drug-likeness (QED) is 0.492. The number of hydrogen-bond donors (Lipinski definition) is 1. The van der Waals surface area contributed by atoms with Crippen LogP contribution in [-0.2, 0) is 13.5 Å². The van der Waals surface area contributed by atoms with Crippen molar-refractivity contribution >= 4 is 11.8 Å². The Morgan fingerprint density at radius 2 is 2.12 bits per heavy atom. The van der Waals surface area contributed by atoms with E-state index in [0.717, 1.165) is 35.1 Å². The van der Waals surface area contributed by atoms with Crippen molar-refractivity contribution in [3.63, 3.8) is 0 Å². The molecule has 0 amide bonds. The molecule has 132 valence electrons. The lowest BCUT2D eigenvalue weighted by Crippen LogP contribution is -1.91. The van der Waals surface area contributed by atoms with E-state index in [0.29, 0.717) is 11.6 Å². The Hall–Kier alpha value is -2.48. The van der Waals surface area contributed by atoms with E-state index in [1.54, 1.807) is 26.0 Å². The van der Waals surface area contributed by atoms with Gasteiger partial charge in [0.25, 0.3) is 0 Å². The van der Waals surface area contributed by atoms with E-state index in [2.05, 4.69) is 20.3 Å². The van der Waals surface area contributed by atoms with Crippen LogP contribution in [0.25, 0.3) is 11.4 Å². The number of nitrogens with one attached hydrogen (secondary N) is 1. The first kappa shape index (κ1) is 17.3. The Balaban J connectivity index is 1.58. The monoisotopic (exact) mass is 359 g/mol. The van der Waals surface area contributed by atoms with Crippen LogP contribution in [0.4, 0.5) is 0 Å². The molecule has 3 rings (SSSR count). The molecule has 25 heavy (non-hydrogen) atoms. The molecule has 0 aliphatic rings. The van der Waals surface area contributed by atoms with Crippen molar-refractivity contribution in [1.82, 2.24) is 25.0 Å². The van der Waals surface area contributed by atoms with Gasteiger partial charge in [-0.2, -0.15) is 5.10 Å². The molecule has 7 nitrogen and oxygen atoms in total. The Bertz CT molecular complexity index is 830. The van der Waals surface area contributed by atoms with E-state index in [1.807, 2.05) is 42.3 Å². The number of aryl methyl sites for hydroxylation is 2. The maximum Gasteiger partial charge on any atom is 0.208 e. The van der Waals surface area contributed by atoms with Gasteiger partial charge in [-0.1, -0.05) is 11.8 Å². The highest BCUT2D eigenvalue weighted by Crippen LogP contribution is 2.32. The molecule has 0 aliphatic heterocycles. The predicted octanol–water partition coefficient (Wildman–Crippen LogP) is 2.95. The standard InChI is InChI=1S/C17H21N5O2S/c1-22-11-12(10-18-22)5-4-8-25-17-19-16(20-21-17)14-7-6-13(23-2)9-15(14)24-3/h6-7,9-11H,4-5,8H2,1-3H3,(H,19,20,21). The second-order valence-electron chi connectivity index (χ2n) is 5.51. The summed E-state index contributed by atoms with van der Waals surface area (Å²) in [6.45, 7) is 0. The summed E-state index contributed by atoms with van der Waals surface area (Å²) in [7, 11) is 5.19. The number of hydrogen-bond acceptors (Lipinski definition) is 6. The molecule has 0 saturated carbocycles. The van der Waals surface area contributed by atoms with Crippen molar-refractivity contribution < 1.29 is 9.47 Å². The molecule has 0 saturated heterocycles. The maximum absolute atomic E-state index is 5.42. The number of benzene rings is 1.